The van der Waals surface area contributed by atoms with Crippen molar-refractivity contribution in [3.8, 4) is 0 Å². The first kappa shape index (κ1) is 20.1. The quantitative estimate of drug-likeness (QED) is 0.794. The van der Waals surface area contributed by atoms with Gasteiger partial charge in [-0.15, -0.1) is 0 Å². The molecule has 1 spiro atoms. The predicted octanol–water partition coefficient (Wildman–Crippen LogP) is 3.84. The van der Waals surface area contributed by atoms with Crippen LogP contribution in [0.1, 0.15) is 54.6 Å². The lowest BCUT2D eigenvalue weighted by Crippen LogP contribution is -2.41. The van der Waals surface area contributed by atoms with E-state index in [4.69, 9.17) is 0 Å². The van der Waals surface area contributed by atoms with E-state index >= 15 is 0 Å². The van der Waals surface area contributed by atoms with Crippen LogP contribution in [0.15, 0.2) is 36.8 Å². The molecule has 1 aromatic carbocycles. The van der Waals surface area contributed by atoms with Crippen LogP contribution in [0.25, 0.3) is 0 Å². The predicted molar refractivity (Wildman–Crippen MR) is 114 cm³/mol. The molecule has 3 fully saturated rings. The van der Waals surface area contributed by atoms with Crippen LogP contribution in [0, 0.1) is 23.1 Å². The minimum atomic E-state index is -0.351. The molecule has 0 radical (unpaired) electrons. The third-order valence-corrected chi connectivity index (χ3v) is 7.39. The molecule has 2 aromatic rings. The SMILES string of the molecule is O=C(Nc1ccc(F)cc1)c1cncnc1CC1CCN(C(=O)C2CC23CCC3)CC1. The molecule has 2 heterocycles. The summed E-state index contributed by atoms with van der Waals surface area (Å²) in [5.74, 6) is 0.375. The third kappa shape index (κ3) is 4.05. The number of piperidine rings is 1. The summed E-state index contributed by atoms with van der Waals surface area (Å²) in [6, 6.07) is 5.66. The van der Waals surface area contributed by atoms with Gasteiger partial charge in [-0.1, -0.05) is 6.42 Å². The van der Waals surface area contributed by atoms with E-state index < -0.39 is 0 Å². The number of anilines is 1. The number of benzene rings is 1. The van der Waals surface area contributed by atoms with Gasteiger partial charge < -0.3 is 10.2 Å². The highest BCUT2D eigenvalue weighted by Gasteiger charge is 2.61. The van der Waals surface area contributed by atoms with Crippen LogP contribution in [-0.2, 0) is 11.2 Å². The van der Waals surface area contributed by atoms with E-state index in [1.165, 1.54) is 56.1 Å². The second-order valence-electron chi connectivity index (χ2n) is 9.29. The highest BCUT2D eigenvalue weighted by atomic mass is 19.1. The number of nitrogens with zero attached hydrogens (tertiary/aromatic N) is 3. The molecule has 3 aliphatic rings. The number of likely N-dealkylation sites (tertiary alicyclic amines) is 1. The second kappa shape index (κ2) is 8.02. The summed E-state index contributed by atoms with van der Waals surface area (Å²) < 4.78 is 13.1. The third-order valence-electron chi connectivity index (χ3n) is 7.39. The number of aromatic nitrogens is 2. The van der Waals surface area contributed by atoms with Crippen LogP contribution in [0.5, 0.6) is 0 Å². The van der Waals surface area contributed by atoms with Gasteiger partial charge >= 0.3 is 0 Å². The maximum Gasteiger partial charge on any atom is 0.259 e. The Morgan fingerprint density at radius 2 is 1.90 bits per heavy atom. The number of halogens is 1. The number of carbonyl (C=O) groups is 2. The largest absolute Gasteiger partial charge is 0.342 e. The molecule has 5 rings (SSSR count). The summed E-state index contributed by atoms with van der Waals surface area (Å²) in [4.78, 5) is 36.0. The molecule has 0 bridgehead atoms. The Morgan fingerprint density at radius 3 is 2.55 bits per heavy atom. The first-order valence-electron chi connectivity index (χ1n) is 11.2. The molecule has 7 heteroatoms. The van der Waals surface area contributed by atoms with Crippen molar-refractivity contribution in [2.45, 2.75) is 44.9 Å². The molecule has 2 aliphatic carbocycles. The number of rotatable bonds is 5. The number of amides is 2. The molecule has 31 heavy (non-hydrogen) atoms. The van der Waals surface area contributed by atoms with Crippen molar-refractivity contribution in [3.05, 3.63) is 53.9 Å². The van der Waals surface area contributed by atoms with Crippen LogP contribution >= 0.6 is 0 Å². The van der Waals surface area contributed by atoms with Gasteiger partial charge in [-0.2, -0.15) is 0 Å². The number of hydrogen-bond donors (Lipinski definition) is 1. The fourth-order valence-corrected chi connectivity index (χ4v) is 5.17. The van der Waals surface area contributed by atoms with Gasteiger partial charge in [0.05, 0.1) is 11.3 Å². The van der Waals surface area contributed by atoms with E-state index in [0.717, 1.165) is 38.0 Å². The maximum absolute atomic E-state index is 13.1. The molecule has 2 amide bonds. The highest BCUT2D eigenvalue weighted by Crippen LogP contribution is 2.66. The lowest BCUT2D eigenvalue weighted by Gasteiger charge is -2.34. The highest BCUT2D eigenvalue weighted by molar-refractivity contribution is 6.04. The monoisotopic (exact) mass is 422 g/mol. The van der Waals surface area contributed by atoms with Gasteiger partial charge in [0.15, 0.2) is 0 Å². The van der Waals surface area contributed by atoms with Gasteiger partial charge in [0.25, 0.3) is 5.91 Å². The fraction of sp³-hybridized carbons (Fsp3) is 0.500. The molecule has 1 aromatic heterocycles. The molecule has 6 nitrogen and oxygen atoms in total. The average Bonchev–Trinajstić information content (AvgIpc) is 3.53. The van der Waals surface area contributed by atoms with Crippen molar-refractivity contribution in [3.63, 3.8) is 0 Å². The smallest absolute Gasteiger partial charge is 0.259 e. The number of carbonyl (C=O) groups excluding carboxylic acids is 2. The molecule has 1 unspecified atom stereocenters. The van der Waals surface area contributed by atoms with Gasteiger partial charge in [-0.25, -0.2) is 14.4 Å². The molecular formula is C24H27FN4O2. The topological polar surface area (TPSA) is 75.2 Å². The van der Waals surface area contributed by atoms with Crippen LogP contribution in [0.4, 0.5) is 10.1 Å². The van der Waals surface area contributed by atoms with Crippen molar-refractivity contribution in [1.29, 1.82) is 0 Å². The minimum absolute atomic E-state index is 0.279. The number of hydrogen-bond acceptors (Lipinski definition) is 4. The normalized spacial score (nSPS) is 22.1. The Balaban J connectivity index is 1.18. The van der Waals surface area contributed by atoms with Gasteiger partial charge in [-0.05, 0) is 74.1 Å². The Bertz CT molecular complexity index is 981. The van der Waals surface area contributed by atoms with Gasteiger partial charge in [0, 0.05) is 30.9 Å². The molecule has 2 saturated carbocycles. The van der Waals surface area contributed by atoms with E-state index in [-0.39, 0.29) is 17.6 Å². The van der Waals surface area contributed by atoms with Crippen molar-refractivity contribution >= 4 is 17.5 Å². The molecule has 1 N–H and O–H groups in total. The van der Waals surface area contributed by atoms with Gasteiger partial charge in [0.1, 0.15) is 12.1 Å². The molecular weight excluding hydrogens is 395 g/mol. The maximum atomic E-state index is 13.1. The zero-order valence-electron chi connectivity index (χ0n) is 17.5. The Kier molecular flexibility index (Phi) is 5.20. The van der Waals surface area contributed by atoms with E-state index in [9.17, 15) is 14.0 Å². The summed E-state index contributed by atoms with van der Waals surface area (Å²) in [7, 11) is 0. The van der Waals surface area contributed by atoms with Crippen LogP contribution in [0.3, 0.4) is 0 Å². The molecule has 1 saturated heterocycles. The van der Waals surface area contributed by atoms with E-state index in [1.807, 2.05) is 0 Å². The van der Waals surface area contributed by atoms with Crippen molar-refractivity contribution in [1.82, 2.24) is 14.9 Å². The summed E-state index contributed by atoms with van der Waals surface area (Å²) >= 11 is 0. The lowest BCUT2D eigenvalue weighted by atomic mass is 9.79. The first-order valence-corrected chi connectivity index (χ1v) is 11.2. The summed E-state index contributed by atoms with van der Waals surface area (Å²) in [5.41, 5.74) is 2.06. The fourth-order valence-electron chi connectivity index (χ4n) is 5.17. The van der Waals surface area contributed by atoms with Crippen LogP contribution < -0.4 is 5.32 Å². The zero-order chi connectivity index (χ0) is 21.4. The summed E-state index contributed by atoms with van der Waals surface area (Å²) in [6.07, 6.45) is 10.4. The van der Waals surface area contributed by atoms with Crippen LogP contribution in [0.2, 0.25) is 0 Å². The van der Waals surface area contributed by atoms with Crippen molar-refractivity contribution < 1.29 is 14.0 Å². The first-order chi connectivity index (χ1) is 15.0. The van der Waals surface area contributed by atoms with Gasteiger partial charge in [-0.3, -0.25) is 9.59 Å². The lowest BCUT2D eigenvalue weighted by molar-refractivity contribution is -0.135. The number of nitrogens with one attached hydrogen (secondary N) is 1. The average molecular weight is 423 g/mol. The molecule has 1 atom stereocenters. The van der Waals surface area contributed by atoms with Crippen LogP contribution in [-0.4, -0.2) is 39.8 Å². The Hall–Kier alpha value is -2.83. The zero-order valence-corrected chi connectivity index (χ0v) is 17.5. The summed E-state index contributed by atoms with van der Waals surface area (Å²) in [6.45, 7) is 1.58. The van der Waals surface area contributed by atoms with Crippen molar-refractivity contribution in [2.75, 3.05) is 18.4 Å². The second-order valence-corrected chi connectivity index (χ2v) is 9.29. The van der Waals surface area contributed by atoms with Crippen molar-refractivity contribution in [2.24, 2.45) is 17.3 Å². The van der Waals surface area contributed by atoms with E-state index in [2.05, 4.69) is 20.2 Å². The minimum Gasteiger partial charge on any atom is -0.342 e. The Labute approximate surface area is 181 Å². The van der Waals surface area contributed by atoms with Gasteiger partial charge in [0.2, 0.25) is 5.91 Å². The van der Waals surface area contributed by atoms with E-state index in [1.54, 1.807) is 0 Å². The Morgan fingerprint density at radius 1 is 1.16 bits per heavy atom. The standard InChI is InChI=1S/C24H27FN4O2/c25-17-2-4-18(5-3-17)28-22(30)19-14-26-15-27-21(19)12-16-6-10-29(11-7-16)23(31)20-13-24(20)8-1-9-24/h2-5,14-16,20H,1,6-13H2,(H,28,30). The molecule has 162 valence electrons. The summed E-state index contributed by atoms with van der Waals surface area (Å²) in [5, 5.41) is 2.78. The van der Waals surface area contributed by atoms with E-state index in [0.29, 0.717) is 34.9 Å². The molecule has 1 aliphatic heterocycles.